The van der Waals surface area contributed by atoms with E-state index in [0.29, 0.717) is 0 Å². The molecule has 12 aromatic rings. The SMILES string of the molecule is CC(C)c1cc(-c2ccc(-c3cc(C(C)(C)C)cc(C(C)(C)C)c3)cc2)cc(C(C)C)c1-n1c(-c2[c-]ccc3c2oc2cc4c(cc23)oc2ccccc24)nc2ccccc21.C[Si](C)(C)c1ccc(-c2[c-]cccc2)nc1.[Ir]. The van der Waals surface area contributed by atoms with Crippen LogP contribution < -0.4 is 5.19 Å². The van der Waals surface area contributed by atoms with Gasteiger partial charge in [-0.05, 0) is 121 Å². The van der Waals surface area contributed by atoms with Gasteiger partial charge < -0.3 is 18.4 Å². The molecule has 395 valence electrons. The quantitative estimate of drug-likeness (QED) is 0.112. The van der Waals surface area contributed by atoms with Crippen molar-refractivity contribution in [1.82, 2.24) is 14.5 Å². The van der Waals surface area contributed by atoms with Crippen molar-refractivity contribution < 1.29 is 28.9 Å². The number of fused-ring (bicyclic) bond motifs is 7. The van der Waals surface area contributed by atoms with Crippen LogP contribution in [0.1, 0.15) is 103 Å². The Labute approximate surface area is 475 Å². The molecule has 0 saturated heterocycles. The normalized spacial score (nSPS) is 12.3. The first-order chi connectivity index (χ1) is 36.7. The van der Waals surface area contributed by atoms with Crippen LogP contribution in [0.15, 0.2) is 179 Å². The number of para-hydroxylation sites is 3. The second-order valence-electron chi connectivity index (χ2n) is 24.5. The predicted molar refractivity (Wildman–Crippen MR) is 328 cm³/mol. The number of hydrogen-bond acceptors (Lipinski definition) is 4. The van der Waals surface area contributed by atoms with Crippen molar-refractivity contribution in [1.29, 1.82) is 0 Å². The maximum atomic E-state index is 6.84. The molecule has 0 atom stereocenters. The van der Waals surface area contributed by atoms with Crippen LogP contribution in [0.4, 0.5) is 0 Å². The average molecular weight is 1220 g/mol. The molecule has 0 aliphatic rings. The predicted octanol–water partition coefficient (Wildman–Crippen LogP) is 19.6. The number of rotatable bonds is 8. The Hall–Kier alpha value is -7.15. The smallest absolute Gasteiger partial charge is 0.136 e. The van der Waals surface area contributed by atoms with E-state index in [4.69, 9.17) is 13.8 Å². The van der Waals surface area contributed by atoms with Gasteiger partial charge in [-0.25, -0.2) is 0 Å². The minimum Gasteiger partial charge on any atom is -0.501 e. The van der Waals surface area contributed by atoms with Crippen LogP contribution in [0.2, 0.25) is 19.6 Å². The Kier molecular flexibility index (Phi) is 14.5. The van der Waals surface area contributed by atoms with Crippen molar-refractivity contribution in [3.05, 3.63) is 204 Å². The van der Waals surface area contributed by atoms with Gasteiger partial charge in [-0.1, -0.05) is 185 Å². The van der Waals surface area contributed by atoms with Crippen LogP contribution in [0.5, 0.6) is 0 Å². The molecule has 0 fully saturated rings. The number of furan rings is 2. The van der Waals surface area contributed by atoms with Gasteiger partial charge in [0.05, 0.1) is 30.5 Å². The summed E-state index contributed by atoms with van der Waals surface area (Å²) in [7, 11) is -1.23. The van der Waals surface area contributed by atoms with Gasteiger partial charge in [0.2, 0.25) is 0 Å². The van der Waals surface area contributed by atoms with Crippen LogP contribution in [-0.2, 0) is 30.9 Å². The standard InChI is InChI=1S/C57H53N2O2.C14H16NSi.Ir/c1-33(2)44-28-38(36-24-22-35(23-25-36)37-26-39(56(5,6)7)30-40(27-37)57(8,9)10)29-45(34(3)4)53(44)59-49-20-13-12-19-48(49)58-55(59)43-18-15-17-42-47-32-51-46(31-52(47)61-54(42)43)41-16-11-14-21-50(41)60-51;1-16(2,3)13-9-10-14(15-11-13)12-7-5-4-6-8-12;/h11-17,19-34H,1-10H3;4-7,9-11H,1-3H3;/q2*-1;. The summed E-state index contributed by atoms with van der Waals surface area (Å²) in [6.07, 6.45) is 2.02. The van der Waals surface area contributed by atoms with E-state index in [1.807, 2.05) is 54.7 Å². The summed E-state index contributed by atoms with van der Waals surface area (Å²) >= 11 is 0. The summed E-state index contributed by atoms with van der Waals surface area (Å²) in [5.74, 6) is 1.27. The Morgan fingerprint density at radius 1 is 0.526 bits per heavy atom. The van der Waals surface area contributed by atoms with E-state index >= 15 is 0 Å². The van der Waals surface area contributed by atoms with Gasteiger partial charge in [0.15, 0.2) is 0 Å². The number of hydrogen-bond donors (Lipinski definition) is 0. The van der Waals surface area contributed by atoms with E-state index in [1.54, 1.807) is 0 Å². The van der Waals surface area contributed by atoms with Gasteiger partial charge >= 0.3 is 0 Å². The molecule has 5 nitrogen and oxygen atoms in total. The first-order valence-corrected chi connectivity index (χ1v) is 30.8. The maximum Gasteiger partial charge on any atom is 0.136 e. The molecular weight excluding hydrogens is 1150 g/mol. The molecule has 0 N–H and O–H groups in total. The molecule has 7 heteroatoms. The number of imidazole rings is 1. The van der Waals surface area contributed by atoms with E-state index < -0.39 is 8.07 Å². The molecule has 4 heterocycles. The van der Waals surface area contributed by atoms with Gasteiger partial charge in [0, 0.05) is 48.1 Å². The van der Waals surface area contributed by atoms with E-state index in [2.05, 4.69) is 226 Å². The van der Waals surface area contributed by atoms with Crippen LogP contribution >= 0.6 is 0 Å². The minimum absolute atomic E-state index is 0. The molecule has 0 bridgehead atoms. The zero-order valence-corrected chi connectivity index (χ0v) is 50.7. The van der Waals surface area contributed by atoms with Crippen molar-refractivity contribution in [3.63, 3.8) is 0 Å². The summed E-state index contributed by atoms with van der Waals surface area (Å²) in [6, 6.07) is 65.2. The molecule has 4 aromatic heterocycles. The van der Waals surface area contributed by atoms with Gasteiger partial charge in [-0.3, -0.25) is 4.98 Å². The van der Waals surface area contributed by atoms with Crippen molar-refractivity contribution in [2.45, 2.75) is 112 Å². The van der Waals surface area contributed by atoms with Crippen molar-refractivity contribution in [2.75, 3.05) is 0 Å². The first kappa shape index (κ1) is 54.2. The summed E-state index contributed by atoms with van der Waals surface area (Å²) in [5, 5.41) is 5.54. The minimum atomic E-state index is -1.23. The van der Waals surface area contributed by atoms with Crippen LogP contribution in [0.25, 0.3) is 105 Å². The number of aromatic nitrogens is 3. The number of nitrogens with zero attached hydrogens (tertiary/aromatic N) is 3. The molecule has 0 amide bonds. The van der Waals surface area contributed by atoms with Gasteiger partial charge in [-0.2, -0.15) is 0 Å². The maximum absolute atomic E-state index is 6.84. The first-order valence-electron chi connectivity index (χ1n) is 27.3. The number of benzene rings is 8. The summed E-state index contributed by atoms with van der Waals surface area (Å²) in [4.78, 5) is 9.90. The summed E-state index contributed by atoms with van der Waals surface area (Å²) in [6.45, 7) is 30.0. The van der Waals surface area contributed by atoms with Crippen molar-refractivity contribution in [2.24, 2.45) is 0 Å². The molecule has 0 aliphatic carbocycles. The number of pyridine rings is 1. The topological polar surface area (TPSA) is 57.0 Å². The second kappa shape index (κ2) is 20.9. The fourth-order valence-electron chi connectivity index (χ4n) is 10.6. The monoisotopic (exact) mass is 1220 g/mol. The average Bonchev–Trinajstić information content (AvgIpc) is 4.30. The van der Waals surface area contributed by atoms with Crippen LogP contribution in [0.3, 0.4) is 0 Å². The molecule has 0 spiro atoms. The van der Waals surface area contributed by atoms with Crippen LogP contribution in [0, 0.1) is 12.1 Å². The molecule has 0 unspecified atom stereocenters. The van der Waals surface area contributed by atoms with Gasteiger partial charge in [0.25, 0.3) is 0 Å². The third-order valence-electron chi connectivity index (χ3n) is 15.2. The molecule has 78 heavy (non-hydrogen) atoms. The summed E-state index contributed by atoms with van der Waals surface area (Å²) < 4.78 is 15.5. The van der Waals surface area contributed by atoms with Crippen molar-refractivity contribution in [3.8, 4) is 50.6 Å². The van der Waals surface area contributed by atoms with Crippen molar-refractivity contribution >= 4 is 68.2 Å². The molecule has 8 aromatic carbocycles. The fraction of sp³-hybridized carbons (Fsp3) is 0.239. The Bertz CT molecular complexity index is 4080. The fourth-order valence-corrected chi connectivity index (χ4v) is 11.6. The van der Waals surface area contributed by atoms with E-state index in [-0.39, 0.29) is 42.8 Å². The van der Waals surface area contributed by atoms with E-state index in [1.165, 1.54) is 55.4 Å². The second-order valence-corrected chi connectivity index (χ2v) is 29.6. The van der Waals surface area contributed by atoms with Gasteiger partial charge in [-0.15, -0.1) is 54.1 Å². The van der Waals surface area contributed by atoms with Crippen LogP contribution in [-0.4, -0.2) is 22.6 Å². The third kappa shape index (κ3) is 10.4. The zero-order chi connectivity index (χ0) is 54.1. The van der Waals surface area contributed by atoms with Gasteiger partial charge in [0.1, 0.15) is 16.7 Å². The van der Waals surface area contributed by atoms with E-state index in [9.17, 15) is 0 Å². The molecule has 0 aliphatic heterocycles. The molecule has 0 saturated carbocycles. The van der Waals surface area contributed by atoms with E-state index in [0.717, 1.165) is 77.6 Å². The summed E-state index contributed by atoms with van der Waals surface area (Å²) in [5.41, 5.74) is 19.7. The Morgan fingerprint density at radius 2 is 1.12 bits per heavy atom. The molecule has 12 rings (SSSR count). The Balaban J connectivity index is 0.000000347. The molecule has 1 radical (unpaired) electrons. The zero-order valence-electron chi connectivity index (χ0n) is 47.3. The molecular formula is C71H69IrN3O2Si-2. The third-order valence-corrected chi connectivity index (χ3v) is 17.2. The largest absolute Gasteiger partial charge is 0.501 e. The Morgan fingerprint density at radius 3 is 1.71 bits per heavy atom.